The SMILES string of the molecule is C[C@H](CC#N)N1CCC[C@H](c2nc(-c3cccc(F)c3)no2)C1. The van der Waals surface area contributed by atoms with E-state index in [-0.39, 0.29) is 17.8 Å². The summed E-state index contributed by atoms with van der Waals surface area (Å²) >= 11 is 0. The van der Waals surface area contributed by atoms with Crippen LogP contribution < -0.4 is 0 Å². The quantitative estimate of drug-likeness (QED) is 0.865. The molecule has 0 bridgehead atoms. The van der Waals surface area contributed by atoms with Crippen molar-refractivity contribution in [1.29, 1.82) is 5.26 Å². The zero-order valence-electron chi connectivity index (χ0n) is 13.1. The average molecular weight is 314 g/mol. The monoisotopic (exact) mass is 314 g/mol. The van der Waals surface area contributed by atoms with Crippen molar-refractivity contribution in [2.24, 2.45) is 0 Å². The van der Waals surface area contributed by atoms with Crippen LogP contribution in [0.25, 0.3) is 11.4 Å². The minimum absolute atomic E-state index is 0.166. The van der Waals surface area contributed by atoms with Gasteiger partial charge in [0.15, 0.2) is 0 Å². The summed E-state index contributed by atoms with van der Waals surface area (Å²) in [4.78, 5) is 6.74. The first-order chi connectivity index (χ1) is 11.2. The topological polar surface area (TPSA) is 66.0 Å². The minimum Gasteiger partial charge on any atom is -0.339 e. The molecule has 5 nitrogen and oxygen atoms in total. The fraction of sp³-hybridized carbons (Fsp3) is 0.471. The molecular weight excluding hydrogens is 295 g/mol. The van der Waals surface area contributed by atoms with Crippen LogP contribution >= 0.6 is 0 Å². The van der Waals surface area contributed by atoms with E-state index in [9.17, 15) is 4.39 Å². The van der Waals surface area contributed by atoms with Crippen LogP contribution in [0.5, 0.6) is 0 Å². The molecule has 3 rings (SSSR count). The molecule has 23 heavy (non-hydrogen) atoms. The Labute approximate surface area is 134 Å². The lowest BCUT2D eigenvalue weighted by atomic mass is 9.96. The first kappa shape index (κ1) is 15.6. The van der Waals surface area contributed by atoms with Crippen molar-refractivity contribution in [3.8, 4) is 17.5 Å². The summed E-state index contributed by atoms with van der Waals surface area (Å²) in [5, 5.41) is 12.8. The number of rotatable bonds is 4. The van der Waals surface area contributed by atoms with Crippen LogP contribution in [-0.2, 0) is 0 Å². The highest BCUT2D eigenvalue weighted by molar-refractivity contribution is 5.53. The van der Waals surface area contributed by atoms with Crippen LogP contribution in [0.2, 0.25) is 0 Å². The number of nitriles is 1. The number of hydrogen-bond acceptors (Lipinski definition) is 5. The van der Waals surface area contributed by atoms with Gasteiger partial charge in [0.1, 0.15) is 5.82 Å². The molecule has 0 radical (unpaired) electrons. The Morgan fingerprint density at radius 1 is 1.52 bits per heavy atom. The molecule has 2 heterocycles. The fourth-order valence-corrected chi connectivity index (χ4v) is 3.02. The molecular formula is C17H19FN4O. The lowest BCUT2D eigenvalue weighted by Crippen LogP contribution is -2.40. The second-order valence-electron chi connectivity index (χ2n) is 6.01. The Bertz CT molecular complexity index is 709. The molecule has 0 saturated carbocycles. The van der Waals surface area contributed by atoms with E-state index in [2.05, 4.69) is 28.0 Å². The Balaban J connectivity index is 1.74. The molecule has 1 aromatic carbocycles. The summed E-state index contributed by atoms with van der Waals surface area (Å²) in [6.45, 7) is 3.87. The third kappa shape index (κ3) is 3.57. The number of hydrogen-bond donors (Lipinski definition) is 0. The Kier molecular flexibility index (Phi) is 4.68. The Hall–Kier alpha value is -2.26. The maximum atomic E-state index is 13.3. The van der Waals surface area contributed by atoms with Crippen LogP contribution in [0.15, 0.2) is 28.8 Å². The fourth-order valence-electron chi connectivity index (χ4n) is 3.02. The molecule has 0 unspecified atom stereocenters. The third-order valence-corrected chi connectivity index (χ3v) is 4.34. The lowest BCUT2D eigenvalue weighted by molar-refractivity contribution is 0.146. The molecule has 0 N–H and O–H groups in total. The maximum Gasteiger partial charge on any atom is 0.231 e. The average Bonchev–Trinajstić information content (AvgIpc) is 3.05. The molecule has 1 aromatic heterocycles. The van der Waals surface area contributed by atoms with Crippen molar-refractivity contribution in [1.82, 2.24) is 15.0 Å². The second kappa shape index (κ2) is 6.88. The molecule has 0 amide bonds. The van der Waals surface area contributed by atoms with E-state index in [4.69, 9.17) is 9.78 Å². The van der Waals surface area contributed by atoms with Gasteiger partial charge in [-0.25, -0.2) is 4.39 Å². The highest BCUT2D eigenvalue weighted by atomic mass is 19.1. The molecule has 1 aliphatic heterocycles. The summed E-state index contributed by atoms with van der Waals surface area (Å²) in [6.07, 6.45) is 2.55. The zero-order valence-corrected chi connectivity index (χ0v) is 13.1. The van der Waals surface area contributed by atoms with Gasteiger partial charge >= 0.3 is 0 Å². The molecule has 0 spiro atoms. The summed E-state index contributed by atoms with van der Waals surface area (Å²) in [5.41, 5.74) is 0.616. The number of halogens is 1. The van der Waals surface area contributed by atoms with Crippen molar-refractivity contribution in [2.45, 2.75) is 38.1 Å². The highest BCUT2D eigenvalue weighted by Gasteiger charge is 2.28. The first-order valence-corrected chi connectivity index (χ1v) is 7.88. The summed E-state index contributed by atoms with van der Waals surface area (Å²) in [5.74, 6) is 0.863. The van der Waals surface area contributed by atoms with Crippen molar-refractivity contribution in [2.75, 3.05) is 13.1 Å². The molecule has 0 aliphatic carbocycles. The second-order valence-corrected chi connectivity index (χ2v) is 6.01. The van der Waals surface area contributed by atoms with E-state index < -0.39 is 0 Å². The van der Waals surface area contributed by atoms with Crippen LogP contribution in [0, 0.1) is 17.1 Å². The minimum atomic E-state index is -0.317. The molecule has 1 fully saturated rings. The number of nitrogens with zero attached hydrogens (tertiary/aromatic N) is 4. The molecule has 120 valence electrons. The number of benzene rings is 1. The van der Waals surface area contributed by atoms with Gasteiger partial charge in [0.25, 0.3) is 0 Å². The molecule has 2 atom stereocenters. The van der Waals surface area contributed by atoms with Crippen LogP contribution in [0.4, 0.5) is 4.39 Å². The number of piperidine rings is 1. The Morgan fingerprint density at radius 2 is 2.39 bits per heavy atom. The van der Waals surface area contributed by atoms with Gasteiger partial charge in [-0.2, -0.15) is 10.2 Å². The van der Waals surface area contributed by atoms with Gasteiger partial charge in [-0.3, -0.25) is 4.90 Å². The molecule has 2 aromatic rings. The molecule has 1 saturated heterocycles. The van der Waals surface area contributed by atoms with Gasteiger partial charge in [-0.15, -0.1) is 0 Å². The van der Waals surface area contributed by atoms with Gasteiger partial charge in [-0.05, 0) is 38.4 Å². The van der Waals surface area contributed by atoms with Crippen molar-refractivity contribution in [3.63, 3.8) is 0 Å². The van der Waals surface area contributed by atoms with Gasteiger partial charge in [0, 0.05) is 18.2 Å². The van der Waals surface area contributed by atoms with Gasteiger partial charge in [-0.1, -0.05) is 17.3 Å². The summed E-state index contributed by atoms with van der Waals surface area (Å²) in [6, 6.07) is 8.64. The smallest absolute Gasteiger partial charge is 0.231 e. The largest absolute Gasteiger partial charge is 0.339 e. The highest BCUT2D eigenvalue weighted by Crippen LogP contribution is 2.29. The number of aromatic nitrogens is 2. The zero-order chi connectivity index (χ0) is 16.2. The predicted molar refractivity (Wildman–Crippen MR) is 82.9 cm³/mol. The summed E-state index contributed by atoms with van der Waals surface area (Å²) in [7, 11) is 0. The van der Waals surface area contributed by atoms with E-state index in [1.54, 1.807) is 12.1 Å². The van der Waals surface area contributed by atoms with Gasteiger partial charge < -0.3 is 4.52 Å². The predicted octanol–water partition coefficient (Wildman–Crippen LogP) is 3.36. The van der Waals surface area contributed by atoms with Gasteiger partial charge in [0.05, 0.1) is 18.4 Å². The van der Waals surface area contributed by atoms with E-state index in [0.29, 0.717) is 23.7 Å². The van der Waals surface area contributed by atoms with Gasteiger partial charge in [0.2, 0.25) is 11.7 Å². The number of likely N-dealkylation sites (tertiary alicyclic amines) is 1. The third-order valence-electron chi connectivity index (χ3n) is 4.34. The van der Waals surface area contributed by atoms with E-state index >= 15 is 0 Å². The van der Waals surface area contributed by atoms with Crippen molar-refractivity contribution >= 4 is 0 Å². The normalized spacial score (nSPS) is 20.1. The first-order valence-electron chi connectivity index (χ1n) is 7.88. The van der Waals surface area contributed by atoms with E-state index in [1.807, 2.05) is 0 Å². The maximum absolute atomic E-state index is 13.3. The van der Waals surface area contributed by atoms with Crippen LogP contribution in [0.3, 0.4) is 0 Å². The van der Waals surface area contributed by atoms with E-state index in [0.717, 1.165) is 25.9 Å². The molecule has 1 aliphatic rings. The Morgan fingerprint density at radius 3 is 3.17 bits per heavy atom. The van der Waals surface area contributed by atoms with Crippen molar-refractivity contribution < 1.29 is 8.91 Å². The van der Waals surface area contributed by atoms with E-state index in [1.165, 1.54) is 12.1 Å². The molecule has 6 heteroatoms. The summed E-state index contributed by atoms with van der Waals surface area (Å²) < 4.78 is 18.7. The lowest BCUT2D eigenvalue weighted by Gasteiger charge is -2.34. The van der Waals surface area contributed by atoms with Crippen LogP contribution in [-0.4, -0.2) is 34.2 Å². The standard InChI is InChI=1S/C17H19FN4O/c1-12(7-8-19)22-9-3-5-14(11-22)17-20-16(21-23-17)13-4-2-6-15(18)10-13/h2,4,6,10,12,14H,3,5,7,9,11H2,1H3/t12-,14+/m1/s1. The van der Waals surface area contributed by atoms with Crippen molar-refractivity contribution in [3.05, 3.63) is 36.0 Å². The van der Waals surface area contributed by atoms with Crippen LogP contribution in [0.1, 0.15) is 38.0 Å².